The van der Waals surface area contributed by atoms with E-state index >= 15 is 0 Å². The summed E-state index contributed by atoms with van der Waals surface area (Å²) in [4.78, 5) is 24.2. The molecular weight excluding hydrogens is 532 g/mol. The molecule has 0 aliphatic rings. The highest BCUT2D eigenvalue weighted by Crippen LogP contribution is 2.28. The van der Waals surface area contributed by atoms with Crippen LogP contribution in [-0.4, -0.2) is 32.1 Å². The molecule has 0 radical (unpaired) electrons. The summed E-state index contributed by atoms with van der Waals surface area (Å²) in [7, 11) is -3.16. The monoisotopic (exact) mass is 558 g/mol. The van der Waals surface area contributed by atoms with Crippen LogP contribution in [0.5, 0.6) is 5.75 Å². The fourth-order valence-corrected chi connectivity index (χ4v) is 4.42. The molecule has 0 fully saturated rings. The fraction of sp³-hybridized carbons (Fsp3) is 0.0345. The minimum Gasteiger partial charge on any atom is -0.496 e. The van der Waals surface area contributed by atoms with Crippen LogP contribution >= 0.6 is 0 Å². The van der Waals surface area contributed by atoms with Crippen molar-refractivity contribution in [2.45, 2.75) is 4.90 Å². The van der Waals surface area contributed by atoms with E-state index in [1.54, 1.807) is 78.9 Å². The second-order valence-electron chi connectivity index (χ2n) is 8.41. The molecule has 204 valence electrons. The van der Waals surface area contributed by atoms with Crippen LogP contribution in [0.4, 0.5) is 32.3 Å². The lowest BCUT2D eigenvalue weighted by Gasteiger charge is -2.11. The summed E-state index contributed by atoms with van der Waals surface area (Å²) < 4.78 is 39.5. The molecule has 0 saturated heterocycles. The van der Waals surface area contributed by atoms with Gasteiger partial charge in [-0.3, -0.25) is 4.55 Å². The summed E-state index contributed by atoms with van der Waals surface area (Å²) in [6.45, 7) is 0. The molecule has 4 amide bonds. The fourth-order valence-electron chi connectivity index (χ4n) is 3.71. The summed E-state index contributed by atoms with van der Waals surface area (Å²) in [6, 6.07) is 25.8. The number of carbonyl (C=O) groups excluding carboxylic acids is 2. The molecule has 40 heavy (non-hydrogen) atoms. The van der Waals surface area contributed by atoms with E-state index in [9.17, 15) is 22.6 Å². The Kier molecular flexibility index (Phi) is 8.79. The van der Waals surface area contributed by atoms with Gasteiger partial charge in [-0.1, -0.05) is 54.6 Å². The summed E-state index contributed by atoms with van der Waals surface area (Å²) in [6.07, 6.45) is 3.09. The Balaban J connectivity index is 1.50. The Morgan fingerprint density at radius 1 is 0.650 bits per heavy atom. The molecule has 4 aromatic rings. The maximum absolute atomic E-state index is 12.3. The molecule has 0 saturated carbocycles. The molecule has 0 unspecified atom stereocenters. The standard InChI is InChI=1S/C29H26N4O6S/c1-39-26-18-24(32-28(34)30-22-8-4-2-5-9-22)16-14-20(26)12-13-21-15-17-25(19-27(21)40(36,37)38)33-29(35)31-23-10-6-3-7-11-23/h2-19H,1H3,(H2,30,32,34)(H2,31,33,35)(H,36,37,38). The number of anilines is 4. The Hall–Kier alpha value is -5.13. The Bertz CT molecular complexity index is 1640. The van der Waals surface area contributed by atoms with Crippen molar-refractivity contribution in [1.82, 2.24) is 0 Å². The van der Waals surface area contributed by atoms with E-state index in [4.69, 9.17) is 4.74 Å². The average Bonchev–Trinajstić information content (AvgIpc) is 2.93. The first-order valence-corrected chi connectivity index (χ1v) is 13.4. The van der Waals surface area contributed by atoms with Crippen LogP contribution in [0.3, 0.4) is 0 Å². The number of ether oxygens (including phenoxy) is 1. The van der Waals surface area contributed by atoms with Gasteiger partial charge in [0, 0.05) is 34.4 Å². The van der Waals surface area contributed by atoms with E-state index in [0.29, 0.717) is 28.4 Å². The van der Waals surface area contributed by atoms with Gasteiger partial charge in [0.2, 0.25) is 0 Å². The molecule has 0 heterocycles. The number of hydrogen-bond donors (Lipinski definition) is 5. The van der Waals surface area contributed by atoms with E-state index < -0.39 is 27.1 Å². The number of hydrogen-bond acceptors (Lipinski definition) is 5. The summed E-state index contributed by atoms with van der Waals surface area (Å²) in [5, 5.41) is 10.6. The van der Waals surface area contributed by atoms with Crippen molar-refractivity contribution in [3.8, 4) is 5.75 Å². The second-order valence-corrected chi connectivity index (χ2v) is 9.80. The third-order valence-electron chi connectivity index (χ3n) is 5.55. The Morgan fingerprint density at radius 3 is 1.60 bits per heavy atom. The van der Waals surface area contributed by atoms with E-state index in [0.717, 1.165) is 6.07 Å². The maximum atomic E-state index is 12.3. The molecule has 4 aromatic carbocycles. The van der Waals surface area contributed by atoms with Crippen LogP contribution < -0.4 is 26.0 Å². The first-order chi connectivity index (χ1) is 19.2. The first kappa shape index (κ1) is 27.9. The number of urea groups is 2. The van der Waals surface area contributed by atoms with E-state index in [-0.39, 0.29) is 11.3 Å². The van der Waals surface area contributed by atoms with Gasteiger partial charge < -0.3 is 26.0 Å². The average molecular weight is 559 g/mol. The van der Waals surface area contributed by atoms with Gasteiger partial charge in [-0.25, -0.2) is 9.59 Å². The molecule has 11 heteroatoms. The highest BCUT2D eigenvalue weighted by Gasteiger charge is 2.16. The minimum atomic E-state index is -4.63. The first-order valence-electron chi connectivity index (χ1n) is 11.9. The van der Waals surface area contributed by atoms with Gasteiger partial charge in [0.1, 0.15) is 10.6 Å². The van der Waals surface area contributed by atoms with Crippen LogP contribution in [0, 0.1) is 0 Å². The Morgan fingerprint density at radius 2 is 1.10 bits per heavy atom. The molecule has 5 N–H and O–H groups in total. The molecule has 0 spiro atoms. The normalized spacial score (nSPS) is 11.1. The number of nitrogens with one attached hydrogen (secondary N) is 4. The van der Waals surface area contributed by atoms with Crippen molar-refractivity contribution in [3.05, 3.63) is 108 Å². The number of carbonyl (C=O) groups is 2. The number of para-hydroxylation sites is 2. The van der Waals surface area contributed by atoms with E-state index in [1.807, 2.05) is 6.07 Å². The molecule has 0 aliphatic heterocycles. The summed E-state index contributed by atoms with van der Waals surface area (Å²) >= 11 is 0. The molecule has 0 bridgehead atoms. The minimum absolute atomic E-state index is 0.167. The van der Waals surface area contributed by atoms with Gasteiger partial charge in [0.05, 0.1) is 7.11 Å². The van der Waals surface area contributed by atoms with Crippen LogP contribution in [-0.2, 0) is 10.1 Å². The highest BCUT2D eigenvalue weighted by molar-refractivity contribution is 7.86. The van der Waals surface area contributed by atoms with Crippen molar-refractivity contribution in [1.29, 1.82) is 0 Å². The lowest BCUT2D eigenvalue weighted by molar-refractivity contribution is 0.261. The second kappa shape index (κ2) is 12.6. The quantitative estimate of drug-likeness (QED) is 0.125. The Labute approximate surface area is 231 Å². The topological polar surface area (TPSA) is 146 Å². The predicted molar refractivity (Wildman–Crippen MR) is 156 cm³/mol. The van der Waals surface area contributed by atoms with Crippen molar-refractivity contribution < 1.29 is 27.3 Å². The summed E-state index contributed by atoms with van der Waals surface area (Å²) in [5.41, 5.74) is 2.61. The number of benzene rings is 4. The van der Waals surface area contributed by atoms with Gasteiger partial charge in [-0.15, -0.1) is 0 Å². The lowest BCUT2D eigenvalue weighted by atomic mass is 10.1. The number of amides is 4. The zero-order valence-corrected chi connectivity index (χ0v) is 22.1. The van der Waals surface area contributed by atoms with Crippen LogP contribution in [0.2, 0.25) is 0 Å². The van der Waals surface area contributed by atoms with Gasteiger partial charge in [0.25, 0.3) is 10.1 Å². The van der Waals surface area contributed by atoms with Gasteiger partial charge in [-0.05, 0) is 54.1 Å². The van der Waals surface area contributed by atoms with Crippen LogP contribution in [0.15, 0.2) is 102 Å². The van der Waals surface area contributed by atoms with Crippen LogP contribution in [0.25, 0.3) is 12.2 Å². The van der Waals surface area contributed by atoms with Crippen molar-refractivity contribution >= 4 is 57.1 Å². The lowest BCUT2D eigenvalue weighted by Crippen LogP contribution is -2.19. The molecule has 10 nitrogen and oxygen atoms in total. The van der Waals surface area contributed by atoms with Crippen molar-refractivity contribution in [3.63, 3.8) is 0 Å². The van der Waals surface area contributed by atoms with Gasteiger partial charge >= 0.3 is 12.1 Å². The highest BCUT2D eigenvalue weighted by atomic mass is 32.2. The zero-order chi connectivity index (χ0) is 28.5. The SMILES string of the molecule is COc1cc(NC(=O)Nc2ccccc2)ccc1C=Cc1ccc(NC(=O)Nc2ccccc2)cc1S(=O)(=O)O. The van der Waals surface area contributed by atoms with Gasteiger partial charge in [-0.2, -0.15) is 8.42 Å². The van der Waals surface area contributed by atoms with Crippen molar-refractivity contribution in [2.75, 3.05) is 28.4 Å². The summed E-state index contributed by atoms with van der Waals surface area (Å²) in [5.74, 6) is 0.415. The molecular formula is C29H26N4O6S. The largest absolute Gasteiger partial charge is 0.496 e. The molecule has 0 atom stereocenters. The van der Waals surface area contributed by atoms with E-state index in [2.05, 4.69) is 21.3 Å². The third kappa shape index (κ3) is 7.69. The maximum Gasteiger partial charge on any atom is 0.323 e. The predicted octanol–water partition coefficient (Wildman–Crippen LogP) is 6.40. The number of methoxy groups -OCH3 is 1. The smallest absolute Gasteiger partial charge is 0.323 e. The van der Waals surface area contributed by atoms with Gasteiger partial charge in [0.15, 0.2) is 0 Å². The zero-order valence-electron chi connectivity index (χ0n) is 21.3. The molecule has 0 aromatic heterocycles. The third-order valence-corrected chi connectivity index (χ3v) is 6.46. The number of rotatable bonds is 8. The van der Waals surface area contributed by atoms with E-state index in [1.165, 1.54) is 25.3 Å². The van der Waals surface area contributed by atoms with Crippen LogP contribution in [0.1, 0.15) is 11.1 Å². The van der Waals surface area contributed by atoms with Crippen molar-refractivity contribution in [2.24, 2.45) is 0 Å². The molecule has 0 aliphatic carbocycles. The molecule has 4 rings (SSSR count).